The molecule has 1 saturated carbocycles. The lowest BCUT2D eigenvalue weighted by Crippen LogP contribution is -2.54. The monoisotopic (exact) mass is 344 g/mol. The highest BCUT2D eigenvalue weighted by molar-refractivity contribution is 7.16. The number of carboxylic acids is 1. The van der Waals surface area contributed by atoms with Gasteiger partial charge in [0.2, 0.25) is 5.91 Å². The molecular formula is C15H21ClN2O3S. The summed E-state index contributed by atoms with van der Waals surface area (Å²) in [5.41, 5.74) is 0. The van der Waals surface area contributed by atoms with Crippen LogP contribution in [0.1, 0.15) is 31.1 Å². The molecule has 2 rings (SSSR count). The largest absolute Gasteiger partial charge is 0.480 e. The van der Waals surface area contributed by atoms with Crippen molar-refractivity contribution in [3.05, 3.63) is 21.3 Å². The number of rotatable bonds is 8. The minimum atomic E-state index is -0.802. The van der Waals surface area contributed by atoms with Crippen molar-refractivity contribution in [2.45, 2.75) is 44.7 Å². The smallest absolute Gasteiger partial charge is 0.317 e. The van der Waals surface area contributed by atoms with E-state index in [-0.39, 0.29) is 24.5 Å². The highest BCUT2D eigenvalue weighted by Crippen LogP contribution is 2.26. The number of aryl methyl sites for hydroxylation is 1. The van der Waals surface area contributed by atoms with Crippen LogP contribution in [0.4, 0.5) is 0 Å². The van der Waals surface area contributed by atoms with Crippen LogP contribution in [0.5, 0.6) is 0 Å². The van der Waals surface area contributed by atoms with Crippen molar-refractivity contribution in [1.29, 1.82) is 0 Å². The van der Waals surface area contributed by atoms with Gasteiger partial charge < -0.3 is 10.4 Å². The Labute approximate surface area is 139 Å². The number of halogens is 1. The van der Waals surface area contributed by atoms with Crippen molar-refractivity contribution >= 4 is 34.8 Å². The molecule has 1 aromatic heterocycles. The van der Waals surface area contributed by atoms with Gasteiger partial charge >= 0.3 is 5.97 Å². The van der Waals surface area contributed by atoms with Crippen LogP contribution in [-0.2, 0) is 16.0 Å². The summed E-state index contributed by atoms with van der Waals surface area (Å²) in [6.07, 6.45) is 2.83. The molecule has 0 unspecified atom stereocenters. The summed E-state index contributed by atoms with van der Waals surface area (Å²) in [5.74, 6) is -0.752. The summed E-state index contributed by atoms with van der Waals surface area (Å²) in [4.78, 5) is 25.7. The number of carbonyl (C=O) groups excluding carboxylic acids is 1. The van der Waals surface area contributed by atoms with Crippen LogP contribution in [0, 0.1) is 0 Å². The minimum Gasteiger partial charge on any atom is -0.480 e. The molecule has 1 fully saturated rings. The molecule has 0 saturated heterocycles. The molecule has 0 atom stereocenters. The highest BCUT2D eigenvalue weighted by Gasteiger charge is 2.34. The Kier molecular flexibility index (Phi) is 6.23. The topological polar surface area (TPSA) is 69.6 Å². The SMILES string of the molecule is CCN(CC(=O)O)C1CC(NC(=O)CCc2ccc(Cl)s2)C1. The van der Waals surface area contributed by atoms with E-state index in [1.54, 1.807) is 0 Å². The lowest BCUT2D eigenvalue weighted by atomic mass is 9.85. The van der Waals surface area contributed by atoms with Crippen molar-refractivity contribution in [1.82, 2.24) is 10.2 Å². The maximum Gasteiger partial charge on any atom is 0.317 e. The zero-order valence-electron chi connectivity index (χ0n) is 12.5. The average molecular weight is 345 g/mol. The van der Waals surface area contributed by atoms with E-state index in [1.165, 1.54) is 11.3 Å². The van der Waals surface area contributed by atoms with Crippen LogP contribution in [-0.4, -0.2) is 47.1 Å². The van der Waals surface area contributed by atoms with Gasteiger partial charge in [0, 0.05) is 23.4 Å². The first kappa shape index (κ1) is 17.2. The van der Waals surface area contributed by atoms with Gasteiger partial charge in [0.05, 0.1) is 10.9 Å². The Bertz CT molecular complexity index is 529. The normalized spacial score (nSPS) is 20.7. The van der Waals surface area contributed by atoms with Gasteiger partial charge in [0.1, 0.15) is 0 Å². The Morgan fingerprint density at radius 1 is 1.45 bits per heavy atom. The molecule has 1 aliphatic rings. The minimum absolute atomic E-state index is 0.0502. The van der Waals surface area contributed by atoms with Gasteiger partial charge in [0.15, 0.2) is 0 Å². The maximum atomic E-state index is 11.9. The molecule has 2 N–H and O–H groups in total. The number of hydrogen-bond donors (Lipinski definition) is 2. The lowest BCUT2D eigenvalue weighted by molar-refractivity contribution is -0.139. The van der Waals surface area contributed by atoms with Gasteiger partial charge in [-0.2, -0.15) is 0 Å². The van der Waals surface area contributed by atoms with Crippen LogP contribution in [0.25, 0.3) is 0 Å². The number of nitrogens with zero attached hydrogens (tertiary/aromatic N) is 1. The van der Waals surface area contributed by atoms with E-state index in [0.29, 0.717) is 12.8 Å². The number of amides is 1. The summed E-state index contributed by atoms with van der Waals surface area (Å²) in [7, 11) is 0. The zero-order chi connectivity index (χ0) is 16.1. The molecule has 1 heterocycles. The van der Waals surface area contributed by atoms with Crippen molar-refractivity contribution in [2.24, 2.45) is 0 Å². The van der Waals surface area contributed by atoms with Crippen LogP contribution >= 0.6 is 22.9 Å². The number of hydrogen-bond acceptors (Lipinski definition) is 4. The molecule has 1 amide bonds. The third-order valence-corrected chi connectivity index (χ3v) is 5.26. The lowest BCUT2D eigenvalue weighted by Gasteiger charge is -2.42. The van der Waals surface area contributed by atoms with Crippen LogP contribution in [0.15, 0.2) is 12.1 Å². The van der Waals surface area contributed by atoms with Crippen molar-refractivity contribution in [3.8, 4) is 0 Å². The summed E-state index contributed by atoms with van der Waals surface area (Å²) < 4.78 is 0.746. The van der Waals surface area contributed by atoms with E-state index in [2.05, 4.69) is 5.32 Å². The predicted molar refractivity (Wildman–Crippen MR) is 87.5 cm³/mol. The Hall–Kier alpha value is -1.11. The van der Waals surface area contributed by atoms with E-state index in [4.69, 9.17) is 16.7 Å². The standard InChI is InChI=1S/C15H21ClN2O3S/c1-2-18(9-15(20)21)11-7-10(8-11)17-14(19)6-4-12-3-5-13(16)22-12/h3,5,10-11H,2,4,6-9H2,1H3,(H,17,19)(H,20,21). The molecule has 7 heteroatoms. The van der Waals surface area contributed by atoms with Crippen LogP contribution in [0.3, 0.4) is 0 Å². The molecule has 0 aromatic carbocycles. The van der Waals surface area contributed by atoms with Gasteiger partial charge in [-0.25, -0.2) is 0 Å². The van der Waals surface area contributed by atoms with Crippen LogP contribution in [0.2, 0.25) is 4.34 Å². The van der Waals surface area contributed by atoms with E-state index in [0.717, 1.165) is 28.6 Å². The molecular weight excluding hydrogens is 324 g/mol. The van der Waals surface area contributed by atoms with Gasteiger partial charge in [-0.1, -0.05) is 18.5 Å². The maximum absolute atomic E-state index is 11.9. The second-order valence-electron chi connectivity index (χ2n) is 5.55. The number of likely N-dealkylation sites (N-methyl/N-ethyl adjacent to an activating group) is 1. The highest BCUT2D eigenvalue weighted by atomic mass is 35.5. The molecule has 0 spiro atoms. The van der Waals surface area contributed by atoms with E-state index in [1.807, 2.05) is 24.0 Å². The molecule has 0 aliphatic heterocycles. The first-order chi connectivity index (χ1) is 10.5. The van der Waals surface area contributed by atoms with Gasteiger partial charge in [-0.3, -0.25) is 14.5 Å². The Morgan fingerprint density at radius 3 is 2.73 bits per heavy atom. The molecule has 122 valence electrons. The molecule has 1 aliphatic carbocycles. The van der Waals surface area contributed by atoms with Crippen molar-refractivity contribution < 1.29 is 14.7 Å². The number of nitrogens with one attached hydrogen (secondary N) is 1. The van der Waals surface area contributed by atoms with E-state index in [9.17, 15) is 9.59 Å². The second-order valence-corrected chi connectivity index (χ2v) is 7.35. The third kappa shape index (κ3) is 4.97. The van der Waals surface area contributed by atoms with Gasteiger partial charge in [-0.05, 0) is 37.9 Å². The number of carboxylic acid groups (broad SMARTS) is 1. The summed E-state index contributed by atoms with van der Waals surface area (Å²) >= 11 is 7.36. The van der Waals surface area contributed by atoms with Crippen molar-refractivity contribution in [3.63, 3.8) is 0 Å². The Morgan fingerprint density at radius 2 is 2.18 bits per heavy atom. The predicted octanol–water partition coefficient (Wildman–Crippen LogP) is 2.39. The van der Waals surface area contributed by atoms with Gasteiger partial charge in [0.25, 0.3) is 0 Å². The zero-order valence-corrected chi connectivity index (χ0v) is 14.1. The van der Waals surface area contributed by atoms with E-state index < -0.39 is 5.97 Å². The molecule has 0 radical (unpaired) electrons. The number of thiophene rings is 1. The number of carbonyl (C=O) groups is 2. The van der Waals surface area contributed by atoms with Gasteiger partial charge in [-0.15, -0.1) is 11.3 Å². The second kappa shape index (κ2) is 7.94. The van der Waals surface area contributed by atoms with Crippen molar-refractivity contribution in [2.75, 3.05) is 13.1 Å². The number of aliphatic carboxylic acids is 1. The van der Waals surface area contributed by atoms with E-state index >= 15 is 0 Å². The average Bonchev–Trinajstić information content (AvgIpc) is 2.83. The quantitative estimate of drug-likeness (QED) is 0.759. The molecule has 1 aromatic rings. The molecule has 5 nitrogen and oxygen atoms in total. The fourth-order valence-corrected chi connectivity index (χ4v) is 3.79. The molecule has 0 bridgehead atoms. The fourth-order valence-electron chi connectivity index (χ4n) is 2.70. The third-order valence-electron chi connectivity index (χ3n) is 3.97. The van der Waals surface area contributed by atoms with Crippen LogP contribution < -0.4 is 5.32 Å². The summed E-state index contributed by atoms with van der Waals surface area (Å²) in [6, 6.07) is 4.23. The first-order valence-electron chi connectivity index (χ1n) is 7.47. The first-order valence-corrected chi connectivity index (χ1v) is 8.66. The Balaban J connectivity index is 1.66. The summed E-state index contributed by atoms with van der Waals surface area (Å²) in [6.45, 7) is 2.75. The molecule has 22 heavy (non-hydrogen) atoms. The fraction of sp³-hybridized carbons (Fsp3) is 0.600. The summed E-state index contributed by atoms with van der Waals surface area (Å²) in [5, 5.41) is 11.9.